The van der Waals surface area contributed by atoms with Crippen LogP contribution in [-0.2, 0) is 19.1 Å². The Kier molecular flexibility index (Phi) is 6.57. The Hall–Kier alpha value is -2.87. The lowest BCUT2D eigenvalue weighted by Gasteiger charge is -2.30. The van der Waals surface area contributed by atoms with E-state index >= 15 is 0 Å². The monoisotopic (exact) mass is 394 g/mol. The number of dihydropyridines is 1. The van der Waals surface area contributed by atoms with E-state index in [1.165, 1.54) is 25.3 Å². The largest absolute Gasteiger partial charge is 0.466 e. The van der Waals surface area contributed by atoms with E-state index in [0.717, 1.165) is 0 Å². The number of nitro groups is 1. The van der Waals surface area contributed by atoms with E-state index in [2.05, 4.69) is 5.32 Å². The molecule has 1 aliphatic heterocycles. The number of nitro benzene ring substituents is 1. The van der Waals surface area contributed by atoms with Crippen molar-refractivity contribution in [2.45, 2.75) is 19.8 Å². The van der Waals surface area contributed by atoms with Gasteiger partial charge in [-0.15, -0.1) is 11.6 Å². The highest BCUT2D eigenvalue weighted by Crippen LogP contribution is 2.40. The summed E-state index contributed by atoms with van der Waals surface area (Å²) in [6.45, 7) is 3.42. The maximum atomic E-state index is 12.6. The molecule has 0 amide bonds. The number of hydrogen-bond acceptors (Lipinski definition) is 7. The molecule has 0 spiro atoms. The Labute approximate surface area is 160 Å². The summed E-state index contributed by atoms with van der Waals surface area (Å²) in [5, 5.41) is 14.1. The lowest BCUT2D eigenvalue weighted by molar-refractivity contribution is -0.384. The normalized spacial score (nSPS) is 16.7. The van der Waals surface area contributed by atoms with Crippen LogP contribution in [0.25, 0.3) is 0 Å². The number of rotatable bonds is 6. The minimum Gasteiger partial charge on any atom is -0.466 e. The van der Waals surface area contributed by atoms with Crippen LogP contribution in [0.2, 0.25) is 0 Å². The lowest BCUT2D eigenvalue weighted by atomic mass is 9.80. The Bertz CT molecular complexity index is 846. The Morgan fingerprint density at radius 3 is 2.56 bits per heavy atom. The molecule has 1 aromatic rings. The van der Waals surface area contributed by atoms with Crippen LogP contribution in [-0.4, -0.2) is 36.5 Å². The first kappa shape index (κ1) is 20.4. The van der Waals surface area contributed by atoms with Crippen molar-refractivity contribution in [3.63, 3.8) is 0 Å². The fourth-order valence-corrected chi connectivity index (χ4v) is 3.19. The summed E-state index contributed by atoms with van der Waals surface area (Å²) in [7, 11) is 1.22. The number of methoxy groups -OCH3 is 1. The number of esters is 2. The molecule has 0 bridgehead atoms. The molecular weight excluding hydrogens is 376 g/mol. The van der Waals surface area contributed by atoms with Gasteiger partial charge in [-0.3, -0.25) is 10.1 Å². The van der Waals surface area contributed by atoms with Gasteiger partial charge in [-0.05, 0) is 19.4 Å². The van der Waals surface area contributed by atoms with Crippen LogP contribution >= 0.6 is 11.6 Å². The Balaban J connectivity index is 2.74. The zero-order valence-corrected chi connectivity index (χ0v) is 15.8. The average Bonchev–Trinajstić information content (AvgIpc) is 2.66. The molecular formula is C18H19ClN2O6. The predicted molar refractivity (Wildman–Crippen MR) is 98.1 cm³/mol. The lowest BCUT2D eigenvalue weighted by Crippen LogP contribution is -2.33. The van der Waals surface area contributed by atoms with E-state index in [9.17, 15) is 19.7 Å². The molecule has 1 heterocycles. The molecule has 1 N–H and O–H groups in total. The molecule has 1 aromatic carbocycles. The standard InChI is InChI=1S/C18H19ClN2O6/c1-4-27-18(23)16-13(9-19)20-10(2)14(17(22)26-3)15(16)11-6-5-7-12(8-11)21(24)25/h5-8,15,20H,4,9H2,1-3H3. The number of non-ortho nitro benzene ring substituents is 1. The molecule has 0 saturated carbocycles. The van der Waals surface area contributed by atoms with Gasteiger partial charge >= 0.3 is 11.9 Å². The second kappa shape index (κ2) is 8.68. The molecule has 1 aliphatic rings. The molecule has 0 aliphatic carbocycles. The van der Waals surface area contributed by atoms with Gasteiger partial charge in [0.1, 0.15) is 0 Å². The topological polar surface area (TPSA) is 108 Å². The third-order valence-electron chi connectivity index (χ3n) is 4.09. The number of alkyl halides is 1. The van der Waals surface area contributed by atoms with Crippen LogP contribution in [0.4, 0.5) is 5.69 Å². The number of halogens is 1. The van der Waals surface area contributed by atoms with E-state index < -0.39 is 22.8 Å². The highest BCUT2D eigenvalue weighted by atomic mass is 35.5. The zero-order chi connectivity index (χ0) is 20.1. The summed E-state index contributed by atoms with van der Waals surface area (Å²) in [4.78, 5) is 35.7. The van der Waals surface area contributed by atoms with Crippen molar-refractivity contribution in [1.82, 2.24) is 5.32 Å². The summed E-state index contributed by atoms with van der Waals surface area (Å²) < 4.78 is 10.0. The third kappa shape index (κ3) is 4.11. The van der Waals surface area contributed by atoms with Crippen molar-refractivity contribution in [1.29, 1.82) is 0 Å². The number of nitrogens with zero attached hydrogens (tertiary/aromatic N) is 1. The minimum atomic E-state index is -0.911. The summed E-state index contributed by atoms with van der Waals surface area (Å²) in [5.74, 6) is -2.27. The van der Waals surface area contributed by atoms with Gasteiger partial charge in [0.15, 0.2) is 0 Å². The van der Waals surface area contributed by atoms with Crippen LogP contribution in [0.1, 0.15) is 25.3 Å². The number of carbonyl (C=O) groups excluding carboxylic acids is 2. The van der Waals surface area contributed by atoms with Crippen molar-refractivity contribution in [3.05, 3.63) is 62.5 Å². The van der Waals surface area contributed by atoms with Crippen molar-refractivity contribution in [2.75, 3.05) is 19.6 Å². The molecule has 8 nitrogen and oxygen atoms in total. The van der Waals surface area contributed by atoms with Gasteiger partial charge in [0.05, 0.1) is 41.6 Å². The smallest absolute Gasteiger partial charge is 0.336 e. The van der Waals surface area contributed by atoms with E-state index in [1.54, 1.807) is 19.9 Å². The van der Waals surface area contributed by atoms with Gasteiger partial charge in [0.25, 0.3) is 5.69 Å². The summed E-state index contributed by atoms with van der Waals surface area (Å²) in [6, 6.07) is 5.74. The molecule has 0 fully saturated rings. The molecule has 27 heavy (non-hydrogen) atoms. The van der Waals surface area contributed by atoms with Crippen molar-refractivity contribution in [2.24, 2.45) is 0 Å². The van der Waals surface area contributed by atoms with Crippen LogP contribution in [0.3, 0.4) is 0 Å². The summed E-state index contributed by atoms with van der Waals surface area (Å²) in [5.41, 5.74) is 1.33. The van der Waals surface area contributed by atoms with Gasteiger partial charge in [0, 0.05) is 23.5 Å². The first-order valence-corrected chi connectivity index (χ1v) is 8.65. The highest BCUT2D eigenvalue weighted by molar-refractivity contribution is 6.20. The van der Waals surface area contributed by atoms with Crippen molar-refractivity contribution in [3.8, 4) is 0 Å². The quantitative estimate of drug-likeness (QED) is 0.342. The van der Waals surface area contributed by atoms with Gasteiger partial charge in [-0.25, -0.2) is 9.59 Å². The number of carbonyl (C=O) groups is 2. The molecule has 1 unspecified atom stereocenters. The number of ether oxygens (including phenoxy) is 2. The Morgan fingerprint density at radius 1 is 1.30 bits per heavy atom. The molecule has 2 rings (SSSR count). The average molecular weight is 395 g/mol. The van der Waals surface area contributed by atoms with Gasteiger partial charge < -0.3 is 14.8 Å². The van der Waals surface area contributed by atoms with E-state index in [0.29, 0.717) is 17.0 Å². The number of benzene rings is 1. The van der Waals surface area contributed by atoms with Crippen LogP contribution in [0, 0.1) is 10.1 Å². The van der Waals surface area contributed by atoms with Crippen LogP contribution < -0.4 is 5.32 Å². The van der Waals surface area contributed by atoms with Gasteiger partial charge in [0.2, 0.25) is 0 Å². The number of nitrogens with one attached hydrogen (secondary N) is 1. The highest BCUT2D eigenvalue weighted by Gasteiger charge is 2.39. The first-order chi connectivity index (χ1) is 12.8. The van der Waals surface area contributed by atoms with E-state index in [-0.39, 0.29) is 29.3 Å². The second-order valence-corrected chi connectivity index (χ2v) is 5.95. The molecule has 0 saturated heterocycles. The minimum absolute atomic E-state index is 0.0363. The van der Waals surface area contributed by atoms with Gasteiger partial charge in [-0.2, -0.15) is 0 Å². The zero-order valence-electron chi connectivity index (χ0n) is 15.1. The number of allylic oxidation sites excluding steroid dienone is 2. The fraction of sp³-hybridized carbons (Fsp3) is 0.333. The fourth-order valence-electron chi connectivity index (χ4n) is 2.98. The van der Waals surface area contributed by atoms with Crippen LogP contribution in [0.15, 0.2) is 46.8 Å². The summed E-state index contributed by atoms with van der Waals surface area (Å²) >= 11 is 6.01. The summed E-state index contributed by atoms with van der Waals surface area (Å²) in [6.07, 6.45) is 0. The van der Waals surface area contributed by atoms with Crippen LogP contribution in [0.5, 0.6) is 0 Å². The van der Waals surface area contributed by atoms with Crippen molar-refractivity contribution >= 4 is 29.2 Å². The molecule has 0 aromatic heterocycles. The maximum Gasteiger partial charge on any atom is 0.336 e. The molecule has 144 valence electrons. The second-order valence-electron chi connectivity index (χ2n) is 5.69. The van der Waals surface area contributed by atoms with E-state index in [1.807, 2.05) is 0 Å². The molecule has 9 heteroatoms. The molecule has 1 atom stereocenters. The first-order valence-electron chi connectivity index (χ1n) is 8.12. The van der Waals surface area contributed by atoms with Gasteiger partial charge in [-0.1, -0.05) is 12.1 Å². The molecule has 0 radical (unpaired) electrons. The van der Waals surface area contributed by atoms with Crippen molar-refractivity contribution < 1.29 is 24.0 Å². The van der Waals surface area contributed by atoms with E-state index in [4.69, 9.17) is 21.1 Å². The SMILES string of the molecule is CCOC(=O)C1=C(CCl)NC(C)=C(C(=O)OC)C1c1cccc([N+](=O)[O-])c1. The Morgan fingerprint density at radius 2 is 2.00 bits per heavy atom. The third-order valence-corrected chi connectivity index (χ3v) is 4.36. The predicted octanol–water partition coefficient (Wildman–Crippen LogP) is 2.78. The number of hydrogen-bond donors (Lipinski definition) is 1. The maximum absolute atomic E-state index is 12.6.